The summed E-state index contributed by atoms with van der Waals surface area (Å²) >= 11 is 0. The molecule has 0 heterocycles. The van der Waals surface area contributed by atoms with Crippen LogP contribution in [0, 0.1) is 0 Å². The lowest BCUT2D eigenvalue weighted by atomic mass is 9.98. The van der Waals surface area contributed by atoms with E-state index in [4.69, 9.17) is 19.3 Å². The van der Waals surface area contributed by atoms with Gasteiger partial charge in [-0.05, 0) is 64.0 Å². The molecule has 188 valence electrons. The van der Waals surface area contributed by atoms with E-state index in [0.29, 0.717) is 11.1 Å². The zero-order valence-electron chi connectivity index (χ0n) is 20.1. The van der Waals surface area contributed by atoms with Gasteiger partial charge in [0.25, 0.3) is 0 Å². The minimum atomic E-state index is -1.08. The maximum absolute atomic E-state index is 12.7. The predicted octanol–water partition coefficient (Wildman–Crippen LogP) is 3.91. The van der Waals surface area contributed by atoms with Crippen LogP contribution in [0.2, 0.25) is 0 Å². The first kappa shape index (κ1) is 27.1. The SMILES string of the molecule is CC(C)(C)OC(=O)N[C@@H](CCC(=O)OC1CCCCC1)C(=O)OCc1ccc(CC(=O)O)cc1. The number of rotatable bonds is 10. The third kappa shape index (κ3) is 10.7. The molecule has 0 unspecified atom stereocenters. The topological polar surface area (TPSA) is 128 Å². The Kier molecular flexibility index (Phi) is 10.3. The van der Waals surface area contributed by atoms with Gasteiger partial charge in [-0.15, -0.1) is 0 Å². The number of nitrogens with one attached hydrogen (secondary N) is 1. The lowest BCUT2D eigenvalue weighted by Gasteiger charge is -2.24. The van der Waals surface area contributed by atoms with Gasteiger partial charge in [-0.1, -0.05) is 30.7 Å². The summed E-state index contributed by atoms with van der Waals surface area (Å²) in [4.78, 5) is 48.0. The summed E-state index contributed by atoms with van der Waals surface area (Å²) in [6, 6.07) is 5.55. The maximum atomic E-state index is 12.7. The van der Waals surface area contributed by atoms with E-state index in [1.807, 2.05) is 0 Å². The number of amides is 1. The Morgan fingerprint density at radius 1 is 1.03 bits per heavy atom. The Balaban J connectivity index is 1.93. The van der Waals surface area contributed by atoms with Crippen LogP contribution in [0.25, 0.3) is 0 Å². The molecular formula is C25H35NO8. The molecule has 1 aromatic rings. The molecule has 2 N–H and O–H groups in total. The van der Waals surface area contributed by atoms with E-state index < -0.39 is 35.6 Å². The second-order valence-electron chi connectivity index (χ2n) is 9.48. The molecule has 0 aliphatic heterocycles. The maximum Gasteiger partial charge on any atom is 0.408 e. The van der Waals surface area contributed by atoms with Crippen LogP contribution in [-0.4, -0.2) is 46.9 Å². The van der Waals surface area contributed by atoms with Crippen molar-refractivity contribution in [3.05, 3.63) is 35.4 Å². The molecule has 9 heteroatoms. The summed E-state index contributed by atoms with van der Waals surface area (Å²) in [5.74, 6) is -2.05. The van der Waals surface area contributed by atoms with Crippen LogP contribution in [0.3, 0.4) is 0 Å². The highest BCUT2D eigenvalue weighted by atomic mass is 16.6. The summed E-state index contributed by atoms with van der Waals surface area (Å²) < 4.78 is 16.1. The molecule has 1 atom stereocenters. The van der Waals surface area contributed by atoms with Crippen LogP contribution < -0.4 is 5.32 Å². The van der Waals surface area contributed by atoms with Gasteiger partial charge >= 0.3 is 24.0 Å². The Morgan fingerprint density at radius 3 is 2.24 bits per heavy atom. The van der Waals surface area contributed by atoms with E-state index in [1.54, 1.807) is 45.0 Å². The van der Waals surface area contributed by atoms with Crippen molar-refractivity contribution in [3.63, 3.8) is 0 Å². The average molecular weight is 478 g/mol. The Morgan fingerprint density at radius 2 is 1.65 bits per heavy atom. The molecule has 2 rings (SSSR count). The number of carboxylic acid groups (broad SMARTS) is 1. The third-order valence-corrected chi connectivity index (χ3v) is 5.22. The number of carbonyl (C=O) groups excluding carboxylic acids is 3. The highest BCUT2D eigenvalue weighted by molar-refractivity contribution is 5.82. The zero-order valence-corrected chi connectivity index (χ0v) is 20.1. The number of hydrogen-bond donors (Lipinski definition) is 2. The van der Waals surface area contributed by atoms with E-state index >= 15 is 0 Å². The fourth-order valence-electron chi connectivity index (χ4n) is 3.57. The van der Waals surface area contributed by atoms with Crippen LogP contribution >= 0.6 is 0 Å². The fraction of sp³-hybridized carbons (Fsp3) is 0.600. The molecule has 1 saturated carbocycles. The van der Waals surface area contributed by atoms with Gasteiger partial charge in [0, 0.05) is 6.42 Å². The van der Waals surface area contributed by atoms with Crippen LogP contribution in [0.15, 0.2) is 24.3 Å². The minimum absolute atomic E-state index is 0.0151. The molecule has 1 aliphatic carbocycles. The molecule has 0 aromatic heterocycles. The lowest BCUT2D eigenvalue weighted by molar-refractivity contribution is -0.152. The van der Waals surface area contributed by atoms with Crippen molar-refractivity contribution >= 4 is 24.0 Å². The zero-order chi connectivity index (χ0) is 25.1. The molecule has 0 radical (unpaired) electrons. The van der Waals surface area contributed by atoms with E-state index in [-0.39, 0.29) is 32.0 Å². The van der Waals surface area contributed by atoms with Crippen molar-refractivity contribution in [3.8, 4) is 0 Å². The van der Waals surface area contributed by atoms with Crippen LogP contribution in [0.5, 0.6) is 0 Å². The molecule has 9 nitrogen and oxygen atoms in total. The first-order chi connectivity index (χ1) is 16.0. The van der Waals surface area contributed by atoms with Crippen molar-refractivity contribution in [2.24, 2.45) is 0 Å². The van der Waals surface area contributed by atoms with Crippen molar-refractivity contribution < 1.29 is 38.5 Å². The molecular weight excluding hydrogens is 442 g/mol. The third-order valence-electron chi connectivity index (χ3n) is 5.22. The van der Waals surface area contributed by atoms with Crippen LogP contribution in [0.1, 0.15) is 76.8 Å². The van der Waals surface area contributed by atoms with Crippen molar-refractivity contribution in [2.75, 3.05) is 0 Å². The number of carboxylic acids is 1. The van der Waals surface area contributed by atoms with Gasteiger partial charge in [0.05, 0.1) is 6.42 Å². The van der Waals surface area contributed by atoms with E-state index in [9.17, 15) is 19.2 Å². The highest BCUT2D eigenvalue weighted by Crippen LogP contribution is 2.21. The molecule has 0 bridgehead atoms. The number of ether oxygens (including phenoxy) is 3. The van der Waals surface area contributed by atoms with Crippen molar-refractivity contribution in [1.29, 1.82) is 0 Å². The standard InChI is InChI=1S/C25H35NO8/c1-25(2,3)34-24(31)26-20(13-14-22(29)33-19-7-5-4-6-8-19)23(30)32-16-18-11-9-17(10-12-18)15-21(27)28/h9-12,19-20H,4-8,13-16H2,1-3H3,(H,26,31)(H,27,28)/t20-/m0/s1. The summed E-state index contributed by atoms with van der Waals surface area (Å²) in [5.41, 5.74) is 0.537. The molecule has 0 spiro atoms. The summed E-state index contributed by atoms with van der Waals surface area (Å²) in [6.45, 7) is 5.05. The van der Waals surface area contributed by atoms with Gasteiger partial charge in [-0.25, -0.2) is 9.59 Å². The predicted molar refractivity (Wildman–Crippen MR) is 123 cm³/mol. The monoisotopic (exact) mass is 477 g/mol. The van der Waals surface area contributed by atoms with Crippen LogP contribution in [-0.2, 0) is 41.6 Å². The normalized spacial score (nSPS) is 15.1. The Bertz CT molecular complexity index is 837. The van der Waals surface area contributed by atoms with E-state index in [0.717, 1.165) is 32.1 Å². The number of carbonyl (C=O) groups is 4. The fourth-order valence-corrected chi connectivity index (χ4v) is 3.57. The quantitative estimate of drug-likeness (QED) is 0.383. The van der Waals surface area contributed by atoms with E-state index in [2.05, 4.69) is 5.32 Å². The number of hydrogen-bond acceptors (Lipinski definition) is 7. The average Bonchev–Trinajstić information content (AvgIpc) is 2.75. The second kappa shape index (κ2) is 13.0. The first-order valence-electron chi connectivity index (χ1n) is 11.7. The number of aliphatic carboxylic acids is 1. The smallest absolute Gasteiger partial charge is 0.408 e. The minimum Gasteiger partial charge on any atom is -0.481 e. The molecule has 34 heavy (non-hydrogen) atoms. The van der Waals surface area contributed by atoms with Crippen molar-refractivity contribution in [1.82, 2.24) is 5.32 Å². The first-order valence-corrected chi connectivity index (χ1v) is 11.7. The van der Waals surface area contributed by atoms with Crippen LogP contribution in [0.4, 0.5) is 4.79 Å². The number of benzene rings is 1. The number of esters is 2. The second-order valence-corrected chi connectivity index (χ2v) is 9.48. The number of alkyl carbamates (subject to hydrolysis) is 1. The van der Waals surface area contributed by atoms with Gasteiger partial charge in [-0.2, -0.15) is 0 Å². The Hall–Kier alpha value is -3.10. The van der Waals surface area contributed by atoms with Gasteiger partial charge in [0.1, 0.15) is 24.4 Å². The van der Waals surface area contributed by atoms with Gasteiger partial charge < -0.3 is 24.6 Å². The highest BCUT2D eigenvalue weighted by Gasteiger charge is 2.27. The Labute approximate surface area is 200 Å². The summed E-state index contributed by atoms with van der Waals surface area (Å²) in [6.07, 6.45) is 3.90. The molecule has 1 aliphatic rings. The van der Waals surface area contributed by atoms with E-state index in [1.165, 1.54) is 0 Å². The molecule has 1 aromatic carbocycles. The summed E-state index contributed by atoms with van der Waals surface area (Å²) in [7, 11) is 0. The van der Waals surface area contributed by atoms with Gasteiger partial charge in [0.2, 0.25) is 0 Å². The molecule has 1 fully saturated rings. The van der Waals surface area contributed by atoms with Crippen molar-refractivity contribution in [2.45, 2.75) is 96.5 Å². The van der Waals surface area contributed by atoms with Gasteiger partial charge in [-0.3, -0.25) is 9.59 Å². The van der Waals surface area contributed by atoms with Gasteiger partial charge in [0.15, 0.2) is 0 Å². The summed E-state index contributed by atoms with van der Waals surface area (Å²) in [5, 5.41) is 11.3. The molecule has 0 saturated heterocycles. The lowest BCUT2D eigenvalue weighted by Crippen LogP contribution is -2.44. The largest absolute Gasteiger partial charge is 0.481 e. The molecule has 1 amide bonds.